The Labute approximate surface area is 150 Å². The van der Waals surface area contributed by atoms with E-state index in [4.69, 9.17) is 4.74 Å². The summed E-state index contributed by atoms with van der Waals surface area (Å²) in [6.07, 6.45) is 0. The maximum Gasteiger partial charge on any atom is 0.342 e. The summed E-state index contributed by atoms with van der Waals surface area (Å²) in [5, 5.41) is 15.4. The van der Waals surface area contributed by atoms with Crippen LogP contribution in [-0.2, 0) is 4.74 Å². The number of nitro groups is 1. The molecule has 0 spiro atoms. The smallest absolute Gasteiger partial charge is 0.342 e. The fourth-order valence-corrected chi connectivity index (χ4v) is 2.71. The fraction of sp³-hybridized carbons (Fsp3) is 0.158. The van der Waals surface area contributed by atoms with Crippen molar-refractivity contribution in [2.45, 2.75) is 13.8 Å². The normalized spacial score (nSPS) is 10.5. The molecule has 0 saturated carbocycles. The first-order valence-electron chi connectivity index (χ1n) is 8.10. The molecule has 7 heteroatoms. The number of non-ortho nitro benzene ring substituents is 1. The molecule has 0 aliphatic heterocycles. The summed E-state index contributed by atoms with van der Waals surface area (Å²) < 4.78 is 6.85. The average molecular weight is 351 g/mol. The molecule has 1 heterocycles. The predicted octanol–water partition coefficient (Wildman–Crippen LogP) is 3.93. The van der Waals surface area contributed by atoms with E-state index in [2.05, 4.69) is 5.10 Å². The minimum absolute atomic E-state index is 0.0225. The molecule has 0 radical (unpaired) electrons. The Morgan fingerprint density at radius 2 is 1.81 bits per heavy atom. The summed E-state index contributed by atoms with van der Waals surface area (Å²) in [4.78, 5) is 22.9. The number of para-hydroxylation sites is 1. The van der Waals surface area contributed by atoms with Crippen molar-refractivity contribution in [2.75, 3.05) is 6.61 Å². The number of nitro benzene ring substituents is 1. The standard InChI is InChI=1S/C19H17N3O4/c1-3-26-19(23)17-13(2)21(15-7-5-4-6-8-15)20-18(17)14-9-11-16(12-10-14)22(24)25/h4-12H,3H2,1-2H3. The number of hydrogen-bond acceptors (Lipinski definition) is 5. The molecule has 0 bridgehead atoms. The highest BCUT2D eigenvalue weighted by molar-refractivity contribution is 5.97. The molecule has 3 aromatic rings. The van der Waals surface area contributed by atoms with Crippen LogP contribution in [0.25, 0.3) is 16.9 Å². The van der Waals surface area contributed by atoms with Crippen LogP contribution in [0.1, 0.15) is 23.0 Å². The van der Waals surface area contributed by atoms with Crippen LogP contribution in [0.15, 0.2) is 54.6 Å². The van der Waals surface area contributed by atoms with Crippen LogP contribution < -0.4 is 0 Å². The highest BCUT2D eigenvalue weighted by Crippen LogP contribution is 2.29. The zero-order chi connectivity index (χ0) is 18.7. The van der Waals surface area contributed by atoms with Gasteiger partial charge >= 0.3 is 5.97 Å². The molecule has 0 saturated heterocycles. The highest BCUT2D eigenvalue weighted by atomic mass is 16.6. The molecule has 1 aromatic heterocycles. The second kappa shape index (κ2) is 7.18. The van der Waals surface area contributed by atoms with Crippen molar-refractivity contribution in [2.24, 2.45) is 0 Å². The van der Waals surface area contributed by atoms with Gasteiger partial charge in [-0.15, -0.1) is 0 Å². The number of nitrogens with zero attached hydrogens (tertiary/aromatic N) is 3. The molecule has 0 atom stereocenters. The first kappa shape index (κ1) is 17.3. The van der Waals surface area contributed by atoms with Gasteiger partial charge in [-0.1, -0.05) is 18.2 Å². The summed E-state index contributed by atoms with van der Waals surface area (Å²) in [7, 11) is 0. The third kappa shape index (κ3) is 3.19. The molecule has 0 aliphatic carbocycles. The Balaban J connectivity index is 2.16. The number of carbonyl (C=O) groups excluding carboxylic acids is 1. The number of rotatable bonds is 5. The molecule has 7 nitrogen and oxygen atoms in total. The molecular weight excluding hydrogens is 334 g/mol. The van der Waals surface area contributed by atoms with Crippen molar-refractivity contribution in [3.05, 3.63) is 76.0 Å². The Hall–Kier alpha value is -3.48. The number of benzene rings is 2. The maximum atomic E-state index is 12.5. The van der Waals surface area contributed by atoms with E-state index in [9.17, 15) is 14.9 Å². The van der Waals surface area contributed by atoms with Gasteiger partial charge in [-0.25, -0.2) is 9.48 Å². The van der Waals surface area contributed by atoms with Gasteiger partial charge in [0.15, 0.2) is 0 Å². The van der Waals surface area contributed by atoms with Gasteiger partial charge in [0, 0.05) is 17.7 Å². The zero-order valence-electron chi connectivity index (χ0n) is 14.4. The van der Waals surface area contributed by atoms with Gasteiger partial charge in [-0.2, -0.15) is 5.10 Å². The zero-order valence-corrected chi connectivity index (χ0v) is 14.4. The van der Waals surface area contributed by atoms with Gasteiger partial charge in [0.05, 0.1) is 22.9 Å². The molecule has 26 heavy (non-hydrogen) atoms. The van der Waals surface area contributed by atoms with E-state index < -0.39 is 10.9 Å². The summed E-state index contributed by atoms with van der Waals surface area (Å²) in [5.74, 6) is -0.472. The Kier molecular flexibility index (Phi) is 4.79. The Morgan fingerprint density at radius 1 is 1.15 bits per heavy atom. The lowest BCUT2D eigenvalue weighted by Gasteiger charge is -2.05. The quantitative estimate of drug-likeness (QED) is 0.395. The Bertz CT molecular complexity index is 947. The van der Waals surface area contributed by atoms with Crippen LogP contribution >= 0.6 is 0 Å². The second-order valence-corrected chi connectivity index (χ2v) is 5.58. The van der Waals surface area contributed by atoms with Gasteiger partial charge in [0.2, 0.25) is 0 Å². The molecule has 3 rings (SSSR count). The predicted molar refractivity (Wildman–Crippen MR) is 96.3 cm³/mol. The highest BCUT2D eigenvalue weighted by Gasteiger charge is 2.24. The summed E-state index contributed by atoms with van der Waals surface area (Å²) >= 11 is 0. The lowest BCUT2D eigenvalue weighted by atomic mass is 10.1. The third-order valence-corrected chi connectivity index (χ3v) is 3.95. The topological polar surface area (TPSA) is 87.3 Å². The van der Waals surface area contributed by atoms with Crippen LogP contribution in [0.5, 0.6) is 0 Å². The van der Waals surface area contributed by atoms with Gasteiger partial charge in [-0.3, -0.25) is 10.1 Å². The summed E-state index contributed by atoms with van der Waals surface area (Å²) in [5.41, 5.74) is 2.82. The molecular formula is C19H17N3O4. The van der Waals surface area contributed by atoms with Crippen molar-refractivity contribution in [1.82, 2.24) is 9.78 Å². The van der Waals surface area contributed by atoms with E-state index in [-0.39, 0.29) is 12.3 Å². The summed E-state index contributed by atoms with van der Waals surface area (Å²) in [6, 6.07) is 15.4. The SMILES string of the molecule is CCOC(=O)c1c(-c2ccc([N+](=O)[O-])cc2)nn(-c2ccccc2)c1C. The van der Waals surface area contributed by atoms with E-state index >= 15 is 0 Å². The minimum Gasteiger partial charge on any atom is -0.462 e. The maximum absolute atomic E-state index is 12.5. The number of ether oxygens (including phenoxy) is 1. The monoisotopic (exact) mass is 351 g/mol. The van der Waals surface area contributed by atoms with E-state index in [0.717, 1.165) is 5.69 Å². The van der Waals surface area contributed by atoms with Crippen molar-refractivity contribution < 1.29 is 14.5 Å². The number of carbonyl (C=O) groups is 1. The lowest BCUT2D eigenvalue weighted by molar-refractivity contribution is -0.384. The van der Waals surface area contributed by atoms with Crippen LogP contribution in [0.4, 0.5) is 5.69 Å². The first-order chi connectivity index (χ1) is 12.5. The first-order valence-corrected chi connectivity index (χ1v) is 8.10. The van der Waals surface area contributed by atoms with Crippen molar-refractivity contribution in [3.8, 4) is 16.9 Å². The summed E-state index contributed by atoms with van der Waals surface area (Å²) in [6.45, 7) is 3.77. The molecule has 0 aliphatic rings. The van der Waals surface area contributed by atoms with Crippen molar-refractivity contribution >= 4 is 11.7 Å². The third-order valence-electron chi connectivity index (χ3n) is 3.95. The Morgan fingerprint density at radius 3 is 2.38 bits per heavy atom. The van der Waals surface area contributed by atoms with E-state index in [0.29, 0.717) is 22.5 Å². The second-order valence-electron chi connectivity index (χ2n) is 5.58. The van der Waals surface area contributed by atoms with Gasteiger partial charge in [0.1, 0.15) is 11.3 Å². The number of hydrogen-bond donors (Lipinski definition) is 0. The van der Waals surface area contributed by atoms with Crippen molar-refractivity contribution in [1.29, 1.82) is 0 Å². The van der Waals surface area contributed by atoms with Crippen LogP contribution in [-0.4, -0.2) is 27.3 Å². The largest absolute Gasteiger partial charge is 0.462 e. The average Bonchev–Trinajstić information content (AvgIpc) is 3.00. The number of aromatic nitrogens is 2. The lowest BCUT2D eigenvalue weighted by Crippen LogP contribution is -2.07. The molecule has 0 N–H and O–H groups in total. The van der Waals surface area contributed by atoms with Gasteiger partial charge in [-0.05, 0) is 38.1 Å². The van der Waals surface area contributed by atoms with E-state index in [1.807, 2.05) is 30.3 Å². The van der Waals surface area contributed by atoms with Crippen molar-refractivity contribution in [3.63, 3.8) is 0 Å². The van der Waals surface area contributed by atoms with Gasteiger partial charge in [0.25, 0.3) is 5.69 Å². The number of esters is 1. The molecule has 0 fully saturated rings. The van der Waals surface area contributed by atoms with E-state index in [1.54, 1.807) is 30.7 Å². The van der Waals surface area contributed by atoms with Crippen LogP contribution in [0.3, 0.4) is 0 Å². The molecule has 0 unspecified atom stereocenters. The molecule has 132 valence electrons. The van der Waals surface area contributed by atoms with Crippen LogP contribution in [0.2, 0.25) is 0 Å². The van der Waals surface area contributed by atoms with E-state index in [1.165, 1.54) is 12.1 Å². The molecule has 0 amide bonds. The fourth-order valence-electron chi connectivity index (χ4n) is 2.71. The van der Waals surface area contributed by atoms with Crippen LogP contribution in [0, 0.1) is 17.0 Å². The minimum atomic E-state index is -0.472. The molecule has 2 aromatic carbocycles. The van der Waals surface area contributed by atoms with Gasteiger partial charge < -0.3 is 4.74 Å².